The number of hydrogen-bond acceptors (Lipinski definition) is 2. The summed E-state index contributed by atoms with van der Waals surface area (Å²) in [5.74, 6) is 2.15. The highest BCUT2D eigenvalue weighted by atomic mass is 32.1. The van der Waals surface area contributed by atoms with E-state index in [-0.39, 0.29) is 5.92 Å². The third-order valence-corrected chi connectivity index (χ3v) is 4.97. The Morgan fingerprint density at radius 1 is 1.25 bits per heavy atom. The van der Waals surface area contributed by atoms with Gasteiger partial charge in [0.25, 0.3) is 0 Å². The van der Waals surface area contributed by atoms with Gasteiger partial charge < -0.3 is 0 Å². The van der Waals surface area contributed by atoms with Crippen molar-refractivity contribution in [3.05, 3.63) is 21.9 Å². The normalized spacial score (nSPS) is 30.3. The molecule has 1 aromatic rings. The molecule has 0 radical (unpaired) electrons. The molecule has 0 bridgehead atoms. The van der Waals surface area contributed by atoms with Crippen LogP contribution >= 0.6 is 11.3 Å². The number of carbonyl (C=O) groups excluding carboxylic acids is 1. The van der Waals surface area contributed by atoms with Gasteiger partial charge in [0.15, 0.2) is 5.78 Å². The Morgan fingerprint density at radius 3 is 2.56 bits per heavy atom. The molecule has 0 saturated heterocycles. The summed E-state index contributed by atoms with van der Waals surface area (Å²) in [5, 5.41) is 0. The second-order valence-electron chi connectivity index (χ2n) is 5.24. The Bertz CT molecular complexity index is 380. The van der Waals surface area contributed by atoms with Crippen molar-refractivity contribution in [1.82, 2.24) is 0 Å². The van der Waals surface area contributed by atoms with Crippen molar-refractivity contribution in [3.8, 4) is 0 Å². The van der Waals surface area contributed by atoms with Gasteiger partial charge in [-0.25, -0.2) is 0 Å². The van der Waals surface area contributed by atoms with Crippen LogP contribution < -0.4 is 0 Å². The number of ketones is 1. The number of hydrogen-bond donors (Lipinski definition) is 0. The van der Waals surface area contributed by atoms with Gasteiger partial charge in [-0.15, -0.1) is 11.3 Å². The molecule has 0 aromatic carbocycles. The molecule has 1 aromatic heterocycles. The van der Waals surface area contributed by atoms with E-state index in [1.807, 2.05) is 12.1 Å². The number of carbonyl (C=O) groups is 1. The van der Waals surface area contributed by atoms with Gasteiger partial charge in [-0.1, -0.05) is 13.8 Å². The fraction of sp³-hybridized carbons (Fsp3) is 0.643. The van der Waals surface area contributed by atoms with E-state index < -0.39 is 0 Å². The largest absolute Gasteiger partial charge is 0.293 e. The smallest absolute Gasteiger partial charge is 0.175 e. The summed E-state index contributed by atoms with van der Waals surface area (Å²) in [6.45, 7) is 6.65. The van der Waals surface area contributed by atoms with E-state index in [2.05, 4.69) is 20.8 Å². The van der Waals surface area contributed by atoms with Crippen LogP contribution in [0.1, 0.15) is 47.7 Å². The fourth-order valence-corrected chi connectivity index (χ4v) is 3.44. The molecular weight excluding hydrogens is 216 g/mol. The quantitative estimate of drug-likeness (QED) is 0.699. The zero-order valence-corrected chi connectivity index (χ0v) is 11.1. The second-order valence-corrected chi connectivity index (χ2v) is 6.53. The van der Waals surface area contributed by atoms with Crippen molar-refractivity contribution in [2.45, 2.75) is 40.0 Å². The second kappa shape index (κ2) is 4.70. The number of thiophene rings is 1. The highest BCUT2D eigenvalue weighted by molar-refractivity contribution is 7.14. The van der Waals surface area contributed by atoms with E-state index in [1.54, 1.807) is 11.3 Å². The minimum Gasteiger partial charge on any atom is -0.293 e. The minimum absolute atomic E-state index is 0.282. The molecule has 2 rings (SSSR count). The van der Waals surface area contributed by atoms with Crippen LogP contribution in [0.3, 0.4) is 0 Å². The van der Waals surface area contributed by atoms with Gasteiger partial charge >= 0.3 is 0 Å². The Morgan fingerprint density at radius 2 is 2.00 bits per heavy atom. The molecule has 0 aliphatic heterocycles. The molecule has 1 fully saturated rings. The molecule has 0 N–H and O–H groups in total. The molecule has 1 nitrogen and oxygen atoms in total. The molecule has 16 heavy (non-hydrogen) atoms. The molecule has 0 amide bonds. The lowest BCUT2D eigenvalue weighted by Crippen LogP contribution is -2.26. The lowest BCUT2D eigenvalue weighted by atomic mass is 9.74. The van der Waals surface area contributed by atoms with Crippen molar-refractivity contribution < 1.29 is 4.79 Å². The molecule has 1 heterocycles. The van der Waals surface area contributed by atoms with E-state index in [0.717, 1.165) is 23.6 Å². The number of rotatable bonds is 2. The predicted octanol–water partition coefficient (Wildman–Crippen LogP) is 4.31. The molecular formula is C14H20OS. The van der Waals surface area contributed by atoms with Gasteiger partial charge in [-0.2, -0.15) is 0 Å². The van der Waals surface area contributed by atoms with Crippen LogP contribution in [0, 0.1) is 24.7 Å². The van der Waals surface area contributed by atoms with Crippen molar-refractivity contribution >= 4 is 17.1 Å². The van der Waals surface area contributed by atoms with Crippen LogP contribution in [0.25, 0.3) is 0 Å². The van der Waals surface area contributed by atoms with E-state index in [0.29, 0.717) is 11.7 Å². The average molecular weight is 236 g/mol. The third kappa shape index (κ3) is 2.37. The fourth-order valence-electron chi connectivity index (χ4n) is 2.55. The van der Waals surface area contributed by atoms with E-state index in [1.165, 1.54) is 11.3 Å². The molecule has 1 aliphatic carbocycles. The van der Waals surface area contributed by atoms with E-state index in [4.69, 9.17) is 0 Å². The van der Waals surface area contributed by atoms with Crippen LogP contribution in [0.4, 0.5) is 0 Å². The number of aryl methyl sites for hydroxylation is 1. The summed E-state index contributed by atoms with van der Waals surface area (Å²) in [7, 11) is 0. The minimum atomic E-state index is 0.282. The molecule has 3 unspecified atom stereocenters. The maximum atomic E-state index is 12.3. The Hall–Kier alpha value is -0.630. The van der Waals surface area contributed by atoms with Crippen LogP contribution in [0.5, 0.6) is 0 Å². The van der Waals surface area contributed by atoms with Gasteiger partial charge in [-0.05, 0) is 50.2 Å². The lowest BCUT2D eigenvalue weighted by molar-refractivity contribution is 0.0842. The summed E-state index contributed by atoms with van der Waals surface area (Å²) in [4.78, 5) is 14.5. The lowest BCUT2D eigenvalue weighted by Gasteiger charge is -2.30. The SMILES string of the molecule is Cc1ccc(C(=O)C2CCC(C)C(C)C2)s1. The Kier molecular flexibility index (Phi) is 3.48. The predicted molar refractivity (Wildman–Crippen MR) is 69.1 cm³/mol. The molecule has 2 heteroatoms. The van der Waals surface area contributed by atoms with E-state index >= 15 is 0 Å². The number of Topliss-reactive ketones (excluding diaryl/α,β-unsaturated/α-hetero) is 1. The van der Waals surface area contributed by atoms with Crippen LogP contribution in [-0.4, -0.2) is 5.78 Å². The van der Waals surface area contributed by atoms with Crippen LogP contribution in [0.2, 0.25) is 0 Å². The third-order valence-electron chi connectivity index (χ3n) is 3.95. The van der Waals surface area contributed by atoms with E-state index in [9.17, 15) is 4.79 Å². The van der Waals surface area contributed by atoms with Crippen molar-refractivity contribution in [2.24, 2.45) is 17.8 Å². The summed E-state index contributed by atoms with van der Waals surface area (Å²) >= 11 is 1.64. The molecule has 88 valence electrons. The Labute approximate surface area is 102 Å². The first-order valence-corrected chi connectivity index (χ1v) is 7.00. The standard InChI is InChI=1S/C14H20OS/c1-9-4-6-12(8-10(9)2)14(15)13-7-5-11(3)16-13/h5,7,9-10,12H,4,6,8H2,1-3H3. The molecule has 3 atom stereocenters. The molecule has 1 saturated carbocycles. The van der Waals surface area contributed by atoms with Gasteiger partial charge in [-0.3, -0.25) is 4.79 Å². The highest BCUT2D eigenvalue weighted by Crippen LogP contribution is 2.35. The van der Waals surface area contributed by atoms with Gasteiger partial charge in [0.1, 0.15) is 0 Å². The first-order chi connectivity index (χ1) is 7.58. The van der Waals surface area contributed by atoms with Crippen LogP contribution in [0.15, 0.2) is 12.1 Å². The van der Waals surface area contributed by atoms with Crippen molar-refractivity contribution in [2.75, 3.05) is 0 Å². The van der Waals surface area contributed by atoms with Crippen LogP contribution in [-0.2, 0) is 0 Å². The zero-order chi connectivity index (χ0) is 11.7. The summed E-state index contributed by atoms with van der Waals surface area (Å²) in [5.41, 5.74) is 0. The van der Waals surface area contributed by atoms with Crippen molar-refractivity contribution in [1.29, 1.82) is 0 Å². The average Bonchev–Trinajstić information content (AvgIpc) is 2.68. The van der Waals surface area contributed by atoms with Gasteiger partial charge in [0, 0.05) is 10.8 Å². The first kappa shape index (κ1) is 11.8. The Balaban J connectivity index is 2.06. The van der Waals surface area contributed by atoms with Gasteiger partial charge in [0.2, 0.25) is 0 Å². The zero-order valence-electron chi connectivity index (χ0n) is 10.3. The maximum absolute atomic E-state index is 12.3. The van der Waals surface area contributed by atoms with Crippen molar-refractivity contribution in [3.63, 3.8) is 0 Å². The maximum Gasteiger partial charge on any atom is 0.175 e. The highest BCUT2D eigenvalue weighted by Gasteiger charge is 2.30. The topological polar surface area (TPSA) is 17.1 Å². The first-order valence-electron chi connectivity index (χ1n) is 6.18. The summed E-state index contributed by atoms with van der Waals surface area (Å²) in [6.07, 6.45) is 3.38. The van der Waals surface area contributed by atoms with Gasteiger partial charge in [0.05, 0.1) is 4.88 Å². The summed E-state index contributed by atoms with van der Waals surface area (Å²) < 4.78 is 0. The molecule has 1 aliphatic rings. The summed E-state index contributed by atoms with van der Waals surface area (Å²) in [6, 6.07) is 4.04. The monoisotopic (exact) mass is 236 g/mol. The molecule has 0 spiro atoms.